The number of halogens is 3. The minimum Gasteiger partial charge on any atom is -0.502 e. The Morgan fingerprint density at radius 3 is 2.34 bits per heavy atom. The normalized spacial score (nSPS) is 11.3. The fourth-order valence-electron chi connectivity index (χ4n) is 2.62. The standard InChI is InChI=1S/C18H14F3N9O5/c1-22-15-25-16(24-11-4-2-3-10(6-11)18(19,20)21)27-17(26-15)28-23-8-9-5-12(29(32)33)7-13(14(9)31)30(34)35/h2-8,31H,1H3,(H3,22,24,25,26,27,28). The van der Waals surface area contributed by atoms with Gasteiger partial charge in [-0.3, -0.25) is 20.2 Å². The number of alkyl halides is 3. The molecule has 0 fully saturated rings. The van der Waals surface area contributed by atoms with Gasteiger partial charge in [-0.2, -0.15) is 33.2 Å². The van der Waals surface area contributed by atoms with Crippen LogP contribution in [0.1, 0.15) is 11.1 Å². The van der Waals surface area contributed by atoms with Crippen molar-refractivity contribution in [3.8, 4) is 5.75 Å². The molecular formula is C18H14F3N9O5. The highest BCUT2D eigenvalue weighted by atomic mass is 19.4. The van der Waals surface area contributed by atoms with Crippen molar-refractivity contribution in [2.45, 2.75) is 6.18 Å². The van der Waals surface area contributed by atoms with Gasteiger partial charge in [0.2, 0.25) is 23.6 Å². The van der Waals surface area contributed by atoms with E-state index < -0.39 is 38.7 Å². The second-order valence-electron chi connectivity index (χ2n) is 6.55. The van der Waals surface area contributed by atoms with Gasteiger partial charge in [0.25, 0.3) is 5.69 Å². The molecule has 2 aromatic carbocycles. The van der Waals surface area contributed by atoms with Crippen molar-refractivity contribution in [2.24, 2.45) is 5.10 Å². The van der Waals surface area contributed by atoms with Crippen molar-refractivity contribution < 1.29 is 28.1 Å². The van der Waals surface area contributed by atoms with Crippen molar-refractivity contribution in [1.29, 1.82) is 0 Å². The van der Waals surface area contributed by atoms with Gasteiger partial charge in [-0.1, -0.05) is 6.07 Å². The van der Waals surface area contributed by atoms with Crippen LogP contribution in [0.5, 0.6) is 5.75 Å². The third kappa shape index (κ3) is 6.03. The average molecular weight is 493 g/mol. The van der Waals surface area contributed by atoms with Gasteiger partial charge in [-0.15, -0.1) is 0 Å². The van der Waals surface area contributed by atoms with Gasteiger partial charge in [0.15, 0.2) is 0 Å². The number of hydrogen-bond acceptors (Lipinski definition) is 12. The lowest BCUT2D eigenvalue weighted by Crippen LogP contribution is -2.08. The molecule has 182 valence electrons. The first-order valence-corrected chi connectivity index (χ1v) is 9.31. The highest BCUT2D eigenvalue weighted by Crippen LogP contribution is 2.33. The molecule has 14 nitrogen and oxygen atoms in total. The molecule has 0 aliphatic heterocycles. The molecule has 3 aromatic rings. The van der Waals surface area contributed by atoms with Gasteiger partial charge < -0.3 is 15.7 Å². The van der Waals surface area contributed by atoms with Crippen molar-refractivity contribution >= 4 is 41.1 Å². The number of hydrogen-bond donors (Lipinski definition) is 4. The minimum atomic E-state index is -4.55. The number of nitro benzene ring substituents is 2. The number of phenols is 1. The Bertz CT molecular complexity index is 1320. The van der Waals surface area contributed by atoms with E-state index in [1.165, 1.54) is 19.2 Å². The monoisotopic (exact) mass is 493 g/mol. The van der Waals surface area contributed by atoms with E-state index in [0.717, 1.165) is 24.4 Å². The molecule has 0 unspecified atom stereocenters. The number of aromatic hydroxyl groups is 1. The van der Waals surface area contributed by atoms with E-state index in [0.29, 0.717) is 6.07 Å². The number of nitrogens with one attached hydrogen (secondary N) is 3. The number of benzene rings is 2. The lowest BCUT2D eigenvalue weighted by atomic mass is 10.1. The number of nitro groups is 2. The predicted octanol–water partition coefficient (Wildman–Crippen LogP) is 3.64. The number of rotatable bonds is 8. The second-order valence-corrected chi connectivity index (χ2v) is 6.55. The smallest absolute Gasteiger partial charge is 0.416 e. The molecule has 1 aromatic heterocycles. The van der Waals surface area contributed by atoms with Gasteiger partial charge >= 0.3 is 11.9 Å². The van der Waals surface area contributed by atoms with E-state index in [1.54, 1.807) is 0 Å². The Kier molecular flexibility index (Phi) is 6.88. The molecule has 0 bridgehead atoms. The molecular weight excluding hydrogens is 479 g/mol. The third-order valence-electron chi connectivity index (χ3n) is 4.18. The van der Waals surface area contributed by atoms with Crippen LogP contribution in [-0.2, 0) is 6.18 Å². The van der Waals surface area contributed by atoms with Gasteiger partial charge in [0.1, 0.15) is 0 Å². The maximum atomic E-state index is 12.9. The van der Waals surface area contributed by atoms with E-state index >= 15 is 0 Å². The molecule has 0 radical (unpaired) electrons. The first kappa shape index (κ1) is 24.6. The summed E-state index contributed by atoms with van der Waals surface area (Å²) in [4.78, 5) is 32.0. The zero-order valence-corrected chi connectivity index (χ0v) is 17.4. The molecule has 0 spiro atoms. The number of anilines is 4. The van der Waals surface area contributed by atoms with Crippen LogP contribution in [0.15, 0.2) is 41.5 Å². The van der Waals surface area contributed by atoms with Crippen LogP contribution < -0.4 is 16.1 Å². The minimum absolute atomic E-state index is 0.000935. The summed E-state index contributed by atoms with van der Waals surface area (Å²) in [5.41, 5.74) is -0.394. The van der Waals surface area contributed by atoms with E-state index in [2.05, 4.69) is 36.1 Å². The molecule has 1 heterocycles. The molecule has 0 aliphatic rings. The summed E-state index contributed by atoms with van der Waals surface area (Å²) >= 11 is 0. The number of non-ortho nitro benzene ring substituents is 1. The van der Waals surface area contributed by atoms with Crippen LogP contribution >= 0.6 is 0 Å². The summed E-state index contributed by atoms with van der Waals surface area (Å²) in [6.45, 7) is 0. The molecule has 35 heavy (non-hydrogen) atoms. The average Bonchev–Trinajstić information content (AvgIpc) is 2.79. The molecule has 0 saturated carbocycles. The van der Waals surface area contributed by atoms with Crippen LogP contribution in [0.4, 0.5) is 48.1 Å². The first-order chi connectivity index (χ1) is 16.5. The molecule has 0 amide bonds. The number of phenolic OH excluding ortho intramolecular Hbond substituents is 1. The fraction of sp³-hybridized carbons (Fsp3) is 0.111. The molecule has 0 aliphatic carbocycles. The molecule has 0 saturated heterocycles. The summed E-state index contributed by atoms with van der Waals surface area (Å²) in [5.74, 6) is -1.23. The zero-order valence-electron chi connectivity index (χ0n) is 17.4. The van der Waals surface area contributed by atoms with Crippen molar-refractivity contribution in [1.82, 2.24) is 15.0 Å². The predicted molar refractivity (Wildman–Crippen MR) is 117 cm³/mol. The van der Waals surface area contributed by atoms with Crippen LogP contribution in [-0.4, -0.2) is 43.2 Å². The molecule has 4 N–H and O–H groups in total. The van der Waals surface area contributed by atoms with Gasteiger partial charge in [0.05, 0.1) is 33.3 Å². The highest BCUT2D eigenvalue weighted by Gasteiger charge is 2.30. The van der Waals surface area contributed by atoms with Crippen LogP contribution in [0.25, 0.3) is 0 Å². The summed E-state index contributed by atoms with van der Waals surface area (Å²) in [6, 6.07) is 5.76. The van der Waals surface area contributed by atoms with Crippen molar-refractivity contribution in [3.05, 3.63) is 67.8 Å². The number of nitrogens with zero attached hydrogens (tertiary/aromatic N) is 6. The number of hydrazone groups is 1. The lowest BCUT2D eigenvalue weighted by molar-refractivity contribution is -0.394. The van der Waals surface area contributed by atoms with Crippen molar-refractivity contribution in [2.75, 3.05) is 23.1 Å². The first-order valence-electron chi connectivity index (χ1n) is 9.31. The zero-order chi connectivity index (χ0) is 25.8. The van der Waals surface area contributed by atoms with E-state index in [-0.39, 0.29) is 29.1 Å². The fourth-order valence-corrected chi connectivity index (χ4v) is 2.62. The second kappa shape index (κ2) is 9.81. The summed E-state index contributed by atoms with van der Waals surface area (Å²) in [7, 11) is 1.47. The summed E-state index contributed by atoms with van der Waals surface area (Å²) < 4.78 is 38.8. The summed E-state index contributed by atoms with van der Waals surface area (Å²) in [5, 5.41) is 41.0. The maximum Gasteiger partial charge on any atom is 0.416 e. The van der Waals surface area contributed by atoms with Gasteiger partial charge in [-0.05, 0) is 18.2 Å². The lowest BCUT2D eigenvalue weighted by Gasteiger charge is -2.11. The van der Waals surface area contributed by atoms with Crippen LogP contribution in [0.3, 0.4) is 0 Å². The quantitative estimate of drug-likeness (QED) is 0.203. The summed E-state index contributed by atoms with van der Waals surface area (Å²) in [6.07, 6.45) is -3.69. The topological polar surface area (TPSA) is 194 Å². The van der Waals surface area contributed by atoms with Crippen LogP contribution in [0, 0.1) is 20.2 Å². The number of aromatic nitrogens is 3. The van der Waals surface area contributed by atoms with E-state index in [4.69, 9.17) is 0 Å². The SMILES string of the molecule is CNc1nc(NN=Cc2cc([N+](=O)[O-])cc([N+](=O)[O-])c2O)nc(Nc2cccc(C(F)(F)F)c2)n1. The largest absolute Gasteiger partial charge is 0.502 e. The Labute approximate surface area is 192 Å². The molecule has 0 atom stereocenters. The van der Waals surface area contributed by atoms with Gasteiger partial charge in [-0.25, -0.2) is 5.43 Å². The Hall–Kier alpha value is -5.09. The Morgan fingerprint density at radius 1 is 1.03 bits per heavy atom. The Balaban J connectivity index is 1.87. The van der Waals surface area contributed by atoms with Crippen LogP contribution in [0.2, 0.25) is 0 Å². The van der Waals surface area contributed by atoms with Crippen molar-refractivity contribution in [3.63, 3.8) is 0 Å². The van der Waals surface area contributed by atoms with E-state index in [9.17, 15) is 38.5 Å². The van der Waals surface area contributed by atoms with E-state index in [1.807, 2.05) is 0 Å². The Morgan fingerprint density at radius 2 is 1.71 bits per heavy atom. The highest BCUT2D eigenvalue weighted by molar-refractivity contribution is 5.87. The maximum absolute atomic E-state index is 12.9. The molecule has 3 rings (SSSR count). The van der Waals surface area contributed by atoms with Gasteiger partial charge in [0, 0.05) is 18.8 Å². The third-order valence-corrected chi connectivity index (χ3v) is 4.18. The molecule has 17 heteroatoms.